The lowest BCUT2D eigenvalue weighted by Gasteiger charge is -2.53. The average molecular weight is 561 g/mol. The highest BCUT2D eigenvalue weighted by molar-refractivity contribution is 6.24. The van der Waals surface area contributed by atoms with Crippen LogP contribution in [0.2, 0.25) is 0 Å². The highest BCUT2D eigenvalue weighted by Gasteiger charge is 2.68. The van der Waals surface area contributed by atoms with Crippen LogP contribution in [0.5, 0.6) is 5.75 Å². The number of aliphatic carboxylic acids is 2. The van der Waals surface area contributed by atoms with Gasteiger partial charge >= 0.3 is 11.9 Å². The summed E-state index contributed by atoms with van der Waals surface area (Å²) in [7, 11) is 2.92. The number of nitrogens with two attached hydrogens (primary N) is 1. The zero-order valence-electron chi connectivity index (χ0n) is 21.5. The number of rotatable bonds is 4. The number of ketones is 2. The molecule has 0 aliphatic heterocycles. The van der Waals surface area contributed by atoms with Gasteiger partial charge < -0.3 is 41.5 Å². The molecule has 1 amide bonds. The van der Waals surface area contributed by atoms with Crippen LogP contribution in [-0.4, -0.2) is 102 Å². The predicted octanol–water partition coefficient (Wildman–Crippen LogP) is -0.792. The van der Waals surface area contributed by atoms with Crippen molar-refractivity contribution in [1.82, 2.24) is 4.90 Å². The third-order valence-corrected chi connectivity index (χ3v) is 7.36. The molecule has 14 nitrogen and oxygen atoms in total. The molecule has 9 N–H and O–H groups in total. The standard InChI is InChI=1S/C22H24N2O8.C4H4O4/c1-7-8-5-4-6-9(25)11(8)16(26)12-10(7)17(27)14-15(24(2)3)18(28)13(21(23)31)20(30)22(14,32)19(12)29;5-3(6)1-2-4(7)8/h4-7,10,14-15,17,25-27,30,32H,1-3H3,(H2,23,31);1-2H,(H,5,6)(H,7,8)/t7-,10+,14-,15-,17-,22-;/m0./s1. The minimum Gasteiger partial charge on any atom is -0.508 e. The van der Waals surface area contributed by atoms with Gasteiger partial charge in [-0.1, -0.05) is 19.1 Å². The summed E-state index contributed by atoms with van der Waals surface area (Å²) >= 11 is 0. The predicted molar refractivity (Wildman–Crippen MR) is 135 cm³/mol. The van der Waals surface area contributed by atoms with Crippen molar-refractivity contribution in [2.24, 2.45) is 17.6 Å². The first-order valence-corrected chi connectivity index (χ1v) is 11.8. The van der Waals surface area contributed by atoms with Gasteiger partial charge in [0.05, 0.1) is 23.6 Å². The maximum absolute atomic E-state index is 13.7. The third-order valence-electron chi connectivity index (χ3n) is 7.36. The Morgan fingerprint density at radius 2 is 1.57 bits per heavy atom. The van der Waals surface area contributed by atoms with E-state index in [4.69, 9.17) is 15.9 Å². The molecule has 0 aromatic heterocycles. The van der Waals surface area contributed by atoms with Crippen LogP contribution in [0, 0.1) is 11.8 Å². The fraction of sp³-hybridized carbons (Fsp3) is 0.346. The number of Topliss-reactive ketones (excluding diaryl/α,β-unsaturated/α-hetero) is 2. The highest BCUT2D eigenvalue weighted by atomic mass is 16.4. The van der Waals surface area contributed by atoms with Crippen molar-refractivity contribution in [1.29, 1.82) is 0 Å². The summed E-state index contributed by atoms with van der Waals surface area (Å²) in [4.78, 5) is 59.1. The Hall–Kier alpha value is -4.53. The van der Waals surface area contributed by atoms with Crippen molar-refractivity contribution in [3.8, 4) is 5.75 Å². The van der Waals surface area contributed by atoms with Crippen molar-refractivity contribution in [2.45, 2.75) is 30.6 Å². The third kappa shape index (κ3) is 4.51. The number of benzene rings is 1. The number of fused-ring (bicyclic) bond motifs is 3. The van der Waals surface area contributed by atoms with Gasteiger partial charge in [-0.15, -0.1) is 0 Å². The van der Waals surface area contributed by atoms with Crippen LogP contribution in [0.3, 0.4) is 0 Å². The Labute approximate surface area is 226 Å². The summed E-state index contributed by atoms with van der Waals surface area (Å²) < 4.78 is 0. The Kier molecular flexibility index (Phi) is 7.92. The molecular formula is C26H28N2O12. The topological polar surface area (TPSA) is 256 Å². The second kappa shape index (κ2) is 10.6. The van der Waals surface area contributed by atoms with Crippen LogP contribution in [-0.2, 0) is 24.0 Å². The normalized spacial score (nSPS) is 29.4. The van der Waals surface area contributed by atoms with Gasteiger partial charge in [0.2, 0.25) is 5.78 Å². The fourth-order valence-corrected chi connectivity index (χ4v) is 5.72. The number of carboxylic acid groups (broad SMARTS) is 2. The van der Waals surface area contributed by atoms with Gasteiger partial charge in [0, 0.05) is 23.6 Å². The van der Waals surface area contributed by atoms with E-state index in [-0.39, 0.29) is 11.3 Å². The molecule has 6 atom stereocenters. The zero-order valence-corrected chi connectivity index (χ0v) is 21.5. The Morgan fingerprint density at radius 1 is 1.02 bits per heavy atom. The van der Waals surface area contributed by atoms with E-state index >= 15 is 0 Å². The molecule has 0 unspecified atom stereocenters. The molecule has 1 aromatic rings. The summed E-state index contributed by atoms with van der Waals surface area (Å²) in [6, 6.07) is 3.13. The number of hydrogen-bond donors (Lipinski definition) is 8. The number of amides is 1. The number of likely N-dealkylation sites (N-methyl/N-ethyl adjacent to an activating group) is 1. The number of aliphatic hydroxyl groups excluding tert-OH is 3. The molecular weight excluding hydrogens is 532 g/mol. The van der Waals surface area contributed by atoms with Crippen molar-refractivity contribution in [2.75, 3.05) is 14.1 Å². The maximum Gasteiger partial charge on any atom is 0.328 e. The van der Waals surface area contributed by atoms with Crippen LogP contribution < -0.4 is 5.73 Å². The van der Waals surface area contributed by atoms with Crippen LogP contribution in [0.15, 0.2) is 47.3 Å². The van der Waals surface area contributed by atoms with Gasteiger partial charge in [0.15, 0.2) is 11.4 Å². The van der Waals surface area contributed by atoms with Crippen LogP contribution in [0.4, 0.5) is 0 Å². The lowest BCUT2D eigenvalue weighted by atomic mass is 9.54. The van der Waals surface area contributed by atoms with Gasteiger partial charge in [0.1, 0.15) is 22.8 Å². The number of phenolic OH excluding ortho intramolecular Hbond substituents is 1. The van der Waals surface area contributed by atoms with E-state index in [0.29, 0.717) is 17.7 Å². The average Bonchev–Trinajstić information content (AvgIpc) is 2.85. The molecule has 214 valence electrons. The van der Waals surface area contributed by atoms with E-state index in [1.54, 1.807) is 19.1 Å². The van der Waals surface area contributed by atoms with Crippen LogP contribution in [0.1, 0.15) is 24.0 Å². The Balaban J connectivity index is 0.000000482. The number of carboxylic acids is 2. The van der Waals surface area contributed by atoms with Gasteiger partial charge in [-0.25, -0.2) is 9.59 Å². The highest BCUT2D eigenvalue weighted by Crippen LogP contribution is 2.55. The minimum absolute atomic E-state index is 0.0245. The second-order valence-corrected chi connectivity index (χ2v) is 9.80. The van der Waals surface area contributed by atoms with Gasteiger partial charge in [-0.2, -0.15) is 0 Å². The van der Waals surface area contributed by atoms with E-state index in [0.717, 1.165) is 0 Å². The molecule has 0 bridgehead atoms. The lowest BCUT2D eigenvalue weighted by Crippen LogP contribution is -2.70. The summed E-state index contributed by atoms with van der Waals surface area (Å²) in [5.41, 5.74) is 1.47. The van der Waals surface area contributed by atoms with E-state index < -0.39 is 87.6 Å². The van der Waals surface area contributed by atoms with E-state index in [2.05, 4.69) is 0 Å². The Morgan fingerprint density at radius 3 is 2.05 bits per heavy atom. The van der Waals surface area contributed by atoms with E-state index in [1.807, 2.05) is 0 Å². The molecule has 1 aromatic carbocycles. The summed E-state index contributed by atoms with van der Waals surface area (Å²) in [5.74, 6) is -11.4. The largest absolute Gasteiger partial charge is 0.508 e. The van der Waals surface area contributed by atoms with Crippen molar-refractivity contribution in [3.05, 3.63) is 58.4 Å². The number of aromatic hydroxyl groups is 1. The van der Waals surface area contributed by atoms with Gasteiger partial charge in [-0.05, 0) is 31.6 Å². The molecule has 0 heterocycles. The molecule has 0 spiro atoms. The van der Waals surface area contributed by atoms with E-state index in [9.17, 15) is 49.5 Å². The smallest absolute Gasteiger partial charge is 0.328 e. The molecule has 1 saturated carbocycles. The first-order chi connectivity index (χ1) is 18.5. The first kappa shape index (κ1) is 30.0. The molecule has 3 aliphatic carbocycles. The number of carbonyl (C=O) groups is 5. The van der Waals surface area contributed by atoms with Crippen molar-refractivity contribution >= 4 is 35.2 Å². The van der Waals surface area contributed by atoms with Crippen LogP contribution >= 0.6 is 0 Å². The quantitative estimate of drug-likeness (QED) is 0.166. The number of nitrogens with zero attached hydrogens (tertiary/aromatic N) is 1. The SMILES string of the molecule is C[C@H]1c2cccc(O)c2C(O)=C2C(=O)[C@]3(O)C(O)=C(C(N)=O)C(=O)[C@@H](N(C)C)[C@H]3[C@@H](O)[C@@H]21.O=C(O)C=CC(=O)O. The monoisotopic (exact) mass is 560 g/mol. The number of hydrogen-bond acceptors (Lipinski definition) is 11. The zero-order chi connectivity index (χ0) is 30.4. The fourth-order valence-electron chi connectivity index (χ4n) is 5.72. The van der Waals surface area contributed by atoms with Crippen molar-refractivity contribution < 1.29 is 59.7 Å². The Bertz CT molecular complexity index is 1390. The summed E-state index contributed by atoms with van der Waals surface area (Å²) in [6.45, 7) is 1.68. The number of carbonyl (C=O) groups excluding carboxylic acids is 3. The number of aliphatic hydroxyl groups is 4. The van der Waals surface area contributed by atoms with Crippen LogP contribution in [0.25, 0.3) is 5.76 Å². The molecule has 40 heavy (non-hydrogen) atoms. The lowest BCUT2D eigenvalue weighted by molar-refractivity contribution is -0.169. The second-order valence-electron chi connectivity index (χ2n) is 9.80. The maximum atomic E-state index is 13.7. The molecule has 14 heteroatoms. The van der Waals surface area contributed by atoms with Crippen molar-refractivity contribution in [3.63, 3.8) is 0 Å². The molecule has 0 radical (unpaired) electrons. The molecule has 0 saturated heterocycles. The summed E-state index contributed by atoms with van der Waals surface area (Å²) in [6.07, 6.45) is -0.474. The summed E-state index contributed by atoms with van der Waals surface area (Å²) in [5, 5.41) is 70.5. The number of primary amides is 1. The van der Waals surface area contributed by atoms with E-state index in [1.165, 1.54) is 25.1 Å². The number of phenols is 1. The molecule has 4 rings (SSSR count). The first-order valence-electron chi connectivity index (χ1n) is 11.8. The minimum atomic E-state index is -2.89. The van der Waals surface area contributed by atoms with Gasteiger partial charge in [0.25, 0.3) is 5.91 Å². The molecule has 3 aliphatic rings. The molecule has 1 fully saturated rings. The van der Waals surface area contributed by atoms with Gasteiger partial charge in [-0.3, -0.25) is 19.3 Å².